The molecule has 0 radical (unpaired) electrons. The van der Waals surface area contributed by atoms with Crippen LogP contribution in [0.5, 0.6) is 0 Å². The number of nitrogens with two attached hydrogens (primary N) is 1. The molecule has 0 aromatic heterocycles. The molecule has 4 N–H and O–H groups in total. The van der Waals surface area contributed by atoms with Crippen LogP contribution in [0.3, 0.4) is 0 Å². The van der Waals surface area contributed by atoms with Crippen LogP contribution < -0.4 is 15.2 Å². The molecule has 2 aliphatic rings. The summed E-state index contributed by atoms with van der Waals surface area (Å²) in [5.74, 6) is 0.855. The third-order valence-corrected chi connectivity index (χ3v) is 5.57. The molecule has 1 saturated heterocycles. The summed E-state index contributed by atoms with van der Waals surface area (Å²) < 4.78 is 24.3. The molecule has 1 aliphatic carbocycles. The van der Waals surface area contributed by atoms with Gasteiger partial charge in [0.2, 0.25) is 5.91 Å². The van der Waals surface area contributed by atoms with Crippen molar-refractivity contribution in [3.8, 4) is 0 Å². The third kappa shape index (κ3) is 6.74. The topological polar surface area (TPSA) is 105 Å². The highest BCUT2D eigenvalue weighted by Crippen LogP contribution is 2.23. The number of hydrogen-bond acceptors (Lipinski definition) is 4. The smallest absolute Gasteiger partial charge is 0.274 e. The van der Waals surface area contributed by atoms with Gasteiger partial charge in [0.05, 0.1) is 6.54 Å². The Morgan fingerprint density at radius 3 is 2.65 bits per heavy atom. The Balaban J connectivity index is 1.74. The molecule has 0 bridgehead atoms. The molecule has 0 aromatic rings. The summed E-state index contributed by atoms with van der Waals surface area (Å²) in [7, 11) is -3.64. The number of amides is 1. The second-order valence-corrected chi connectivity index (χ2v) is 8.45. The average Bonchev–Trinajstić information content (AvgIpc) is 2.47. The lowest BCUT2D eigenvalue weighted by Gasteiger charge is -2.34. The van der Waals surface area contributed by atoms with E-state index in [9.17, 15) is 13.2 Å². The summed E-state index contributed by atoms with van der Waals surface area (Å²) in [6, 6.07) is 0.306. The van der Waals surface area contributed by atoms with Crippen LogP contribution in [0.15, 0.2) is 0 Å². The maximum atomic E-state index is 12.3. The Bertz CT molecular complexity index is 497. The average molecular weight is 346 g/mol. The summed E-state index contributed by atoms with van der Waals surface area (Å²) in [6.07, 6.45) is 6.66. The molecule has 0 aromatic carbocycles. The molecular formula is C15H30N4O3S. The number of carbonyl (C=O) groups is 1. The van der Waals surface area contributed by atoms with E-state index < -0.39 is 10.2 Å². The zero-order valence-corrected chi connectivity index (χ0v) is 14.8. The van der Waals surface area contributed by atoms with E-state index in [-0.39, 0.29) is 11.8 Å². The molecule has 2 fully saturated rings. The summed E-state index contributed by atoms with van der Waals surface area (Å²) in [4.78, 5) is 14.4. The van der Waals surface area contributed by atoms with Crippen LogP contribution in [0.2, 0.25) is 0 Å². The van der Waals surface area contributed by atoms with Gasteiger partial charge in [-0.05, 0) is 44.1 Å². The molecular weight excluding hydrogens is 316 g/mol. The minimum atomic E-state index is -3.64. The molecule has 0 unspecified atom stereocenters. The van der Waals surface area contributed by atoms with Crippen LogP contribution >= 0.6 is 0 Å². The zero-order chi connectivity index (χ0) is 16.9. The van der Waals surface area contributed by atoms with Gasteiger partial charge in [-0.3, -0.25) is 9.69 Å². The van der Waals surface area contributed by atoms with Crippen molar-refractivity contribution in [3.63, 3.8) is 0 Å². The number of hydrogen-bond donors (Lipinski definition) is 3. The van der Waals surface area contributed by atoms with Crippen molar-refractivity contribution in [2.45, 2.75) is 51.5 Å². The lowest BCUT2D eigenvalue weighted by Crippen LogP contribution is -2.49. The first-order valence-corrected chi connectivity index (χ1v) is 10.2. The van der Waals surface area contributed by atoms with E-state index in [4.69, 9.17) is 5.14 Å². The molecule has 1 aliphatic heterocycles. The fraction of sp³-hybridized carbons (Fsp3) is 0.933. The molecule has 0 spiro atoms. The van der Waals surface area contributed by atoms with E-state index >= 15 is 0 Å². The van der Waals surface area contributed by atoms with Gasteiger partial charge in [0.15, 0.2) is 0 Å². The van der Waals surface area contributed by atoms with Crippen LogP contribution in [-0.4, -0.2) is 51.4 Å². The first-order chi connectivity index (χ1) is 10.8. The second-order valence-electron chi connectivity index (χ2n) is 7.07. The molecule has 8 heteroatoms. The Morgan fingerprint density at radius 1 is 1.22 bits per heavy atom. The fourth-order valence-electron chi connectivity index (χ4n) is 3.68. The van der Waals surface area contributed by atoms with Crippen molar-refractivity contribution in [2.75, 3.05) is 26.2 Å². The van der Waals surface area contributed by atoms with E-state index in [1.165, 1.54) is 19.3 Å². The lowest BCUT2D eigenvalue weighted by atomic mass is 9.86. The van der Waals surface area contributed by atoms with Gasteiger partial charge in [0.25, 0.3) is 10.2 Å². The van der Waals surface area contributed by atoms with Crippen molar-refractivity contribution in [3.05, 3.63) is 0 Å². The molecule has 3 atom stereocenters. The Labute approximate surface area is 139 Å². The number of piperidine rings is 1. The number of carbonyl (C=O) groups excluding carboxylic acids is 1. The zero-order valence-electron chi connectivity index (χ0n) is 14.0. The maximum Gasteiger partial charge on any atom is 0.274 e. The van der Waals surface area contributed by atoms with E-state index in [0.717, 1.165) is 32.4 Å². The number of nitrogens with one attached hydrogen (secondary N) is 2. The largest absolute Gasteiger partial charge is 0.352 e. The summed E-state index contributed by atoms with van der Waals surface area (Å²) in [5, 5.41) is 8.14. The first kappa shape index (κ1) is 18.6. The maximum absolute atomic E-state index is 12.3. The SMILES string of the molecule is C[C@@H]1CCCC[C@@H]1NC(=O)CN1CCC[C@H](CNS(N)(=O)=O)C1. The molecule has 7 nitrogen and oxygen atoms in total. The quantitative estimate of drug-likeness (QED) is 0.638. The number of likely N-dealkylation sites (tertiary alicyclic amines) is 1. The minimum absolute atomic E-state index is 0.0869. The van der Waals surface area contributed by atoms with Gasteiger partial charge in [0.1, 0.15) is 0 Å². The van der Waals surface area contributed by atoms with E-state index in [1.54, 1.807) is 0 Å². The van der Waals surface area contributed by atoms with Gasteiger partial charge in [-0.15, -0.1) is 0 Å². The highest BCUT2D eigenvalue weighted by atomic mass is 32.2. The third-order valence-electron chi connectivity index (χ3n) is 5.00. The van der Waals surface area contributed by atoms with Crippen molar-refractivity contribution < 1.29 is 13.2 Å². The van der Waals surface area contributed by atoms with E-state index in [1.807, 2.05) is 0 Å². The molecule has 1 heterocycles. The second kappa shape index (κ2) is 8.41. The van der Waals surface area contributed by atoms with Crippen molar-refractivity contribution in [1.29, 1.82) is 0 Å². The van der Waals surface area contributed by atoms with E-state index in [2.05, 4.69) is 21.9 Å². The van der Waals surface area contributed by atoms with Crippen LogP contribution in [0.25, 0.3) is 0 Å². The highest BCUT2D eigenvalue weighted by Gasteiger charge is 2.25. The predicted octanol–water partition coefficient (Wildman–Crippen LogP) is 0.186. The van der Waals surface area contributed by atoms with Crippen molar-refractivity contribution in [1.82, 2.24) is 14.9 Å². The summed E-state index contributed by atoms with van der Waals surface area (Å²) in [5.41, 5.74) is 0. The van der Waals surface area contributed by atoms with Crippen LogP contribution in [0.1, 0.15) is 45.4 Å². The predicted molar refractivity (Wildman–Crippen MR) is 89.8 cm³/mol. The van der Waals surface area contributed by atoms with Crippen LogP contribution in [-0.2, 0) is 15.0 Å². The normalized spacial score (nSPS) is 30.1. The van der Waals surface area contributed by atoms with Crippen LogP contribution in [0.4, 0.5) is 0 Å². The number of nitrogens with zero attached hydrogens (tertiary/aromatic N) is 1. The standard InChI is InChI=1S/C15H30N4O3S/c1-12-5-2-3-7-14(12)18-15(20)11-19-8-4-6-13(10-19)9-17-23(16,21)22/h12-14,17H,2-11H2,1H3,(H,18,20)(H2,16,21,22)/t12-,13-,14+/m1/s1. The summed E-state index contributed by atoms with van der Waals surface area (Å²) in [6.45, 7) is 4.57. The van der Waals surface area contributed by atoms with E-state index in [0.29, 0.717) is 25.0 Å². The Morgan fingerprint density at radius 2 is 1.96 bits per heavy atom. The lowest BCUT2D eigenvalue weighted by molar-refractivity contribution is -0.123. The van der Waals surface area contributed by atoms with Crippen molar-refractivity contribution in [2.24, 2.45) is 17.0 Å². The monoisotopic (exact) mass is 346 g/mol. The van der Waals surface area contributed by atoms with Gasteiger partial charge in [-0.25, -0.2) is 9.86 Å². The molecule has 134 valence electrons. The minimum Gasteiger partial charge on any atom is -0.352 e. The van der Waals surface area contributed by atoms with Crippen LogP contribution in [0, 0.1) is 11.8 Å². The van der Waals surface area contributed by atoms with Gasteiger partial charge >= 0.3 is 0 Å². The molecule has 1 amide bonds. The highest BCUT2D eigenvalue weighted by molar-refractivity contribution is 7.87. The van der Waals surface area contributed by atoms with Gasteiger partial charge < -0.3 is 5.32 Å². The fourth-order valence-corrected chi connectivity index (χ4v) is 4.15. The van der Waals surface area contributed by atoms with Gasteiger partial charge in [0, 0.05) is 19.1 Å². The molecule has 23 heavy (non-hydrogen) atoms. The number of rotatable bonds is 6. The van der Waals surface area contributed by atoms with Crippen molar-refractivity contribution >= 4 is 16.1 Å². The first-order valence-electron chi connectivity index (χ1n) is 8.62. The van der Waals surface area contributed by atoms with Gasteiger partial charge in [-0.2, -0.15) is 8.42 Å². The Hall–Kier alpha value is -0.700. The summed E-state index contributed by atoms with van der Waals surface area (Å²) >= 11 is 0. The van der Waals surface area contributed by atoms with Gasteiger partial charge in [-0.1, -0.05) is 19.8 Å². The molecule has 1 saturated carbocycles. The molecule has 2 rings (SSSR count). The Kier molecular flexibility index (Phi) is 6.82.